The van der Waals surface area contributed by atoms with E-state index in [9.17, 15) is 4.79 Å². The van der Waals surface area contributed by atoms with Gasteiger partial charge in [-0.25, -0.2) is 0 Å². The number of carbonyl (C=O) groups is 1. The summed E-state index contributed by atoms with van der Waals surface area (Å²) in [6.45, 7) is 2.53. The number of hydrogen-bond acceptors (Lipinski definition) is 3. The summed E-state index contributed by atoms with van der Waals surface area (Å²) in [7, 11) is 1.67. The predicted octanol–water partition coefficient (Wildman–Crippen LogP) is 2.93. The minimum Gasteiger partial charge on any atom is -0.497 e. The van der Waals surface area contributed by atoms with E-state index in [2.05, 4.69) is 16.3 Å². The van der Waals surface area contributed by atoms with Crippen molar-refractivity contribution in [3.8, 4) is 5.75 Å². The highest BCUT2D eigenvalue weighted by Gasteiger charge is 2.49. The lowest BCUT2D eigenvalue weighted by Crippen LogP contribution is -2.49. The first-order chi connectivity index (χ1) is 11.7. The lowest BCUT2D eigenvalue weighted by Gasteiger charge is -2.42. The monoisotopic (exact) mass is 322 g/mol. The van der Waals surface area contributed by atoms with Crippen LogP contribution in [0.1, 0.15) is 34.3 Å². The second kappa shape index (κ2) is 5.95. The lowest BCUT2D eigenvalue weighted by molar-refractivity contribution is 0.0413. The van der Waals surface area contributed by atoms with Crippen molar-refractivity contribution in [2.75, 3.05) is 20.2 Å². The van der Waals surface area contributed by atoms with E-state index in [-0.39, 0.29) is 11.4 Å². The minimum absolute atomic E-state index is 0.156. The van der Waals surface area contributed by atoms with Crippen molar-refractivity contribution in [2.24, 2.45) is 0 Å². The van der Waals surface area contributed by atoms with Crippen LogP contribution in [0.25, 0.3) is 0 Å². The largest absolute Gasteiger partial charge is 0.497 e. The number of hydrogen-bond donors (Lipinski definition) is 1. The van der Waals surface area contributed by atoms with E-state index in [1.807, 2.05) is 42.5 Å². The topological polar surface area (TPSA) is 41.6 Å². The molecule has 1 spiro atoms. The number of methoxy groups -OCH3 is 1. The average Bonchev–Trinajstić information content (AvgIpc) is 2.86. The summed E-state index contributed by atoms with van der Waals surface area (Å²) in [5, 5.41) is 3.43. The smallest absolute Gasteiger partial charge is 0.255 e. The van der Waals surface area contributed by atoms with Crippen molar-refractivity contribution < 1.29 is 9.53 Å². The van der Waals surface area contributed by atoms with Gasteiger partial charge < -0.3 is 15.0 Å². The number of nitrogens with zero attached hydrogens (tertiary/aromatic N) is 1. The van der Waals surface area contributed by atoms with Crippen LogP contribution in [0.3, 0.4) is 0 Å². The molecule has 1 N–H and O–H groups in total. The molecule has 2 aromatic rings. The van der Waals surface area contributed by atoms with Gasteiger partial charge in [-0.05, 0) is 55.3 Å². The third kappa shape index (κ3) is 2.29. The molecule has 0 aromatic heterocycles. The molecule has 4 rings (SSSR count). The molecule has 0 radical (unpaired) electrons. The van der Waals surface area contributed by atoms with E-state index >= 15 is 0 Å². The summed E-state index contributed by atoms with van der Waals surface area (Å²) >= 11 is 0. The van der Waals surface area contributed by atoms with Gasteiger partial charge in [0.25, 0.3) is 5.91 Å². The zero-order chi connectivity index (χ0) is 16.6. The molecule has 1 fully saturated rings. The molecule has 0 bridgehead atoms. The minimum atomic E-state index is -0.168. The number of carbonyl (C=O) groups excluding carboxylic acids is 1. The summed E-state index contributed by atoms with van der Waals surface area (Å²) in [6.07, 6.45) is 1.93. The van der Waals surface area contributed by atoms with Crippen LogP contribution >= 0.6 is 0 Å². The van der Waals surface area contributed by atoms with Gasteiger partial charge in [-0.1, -0.05) is 30.3 Å². The van der Waals surface area contributed by atoms with Crippen molar-refractivity contribution in [1.82, 2.24) is 10.2 Å². The predicted molar refractivity (Wildman–Crippen MR) is 93.1 cm³/mol. The van der Waals surface area contributed by atoms with Gasteiger partial charge in [0.1, 0.15) is 5.75 Å². The fraction of sp³-hybridized carbons (Fsp3) is 0.350. The van der Waals surface area contributed by atoms with Crippen molar-refractivity contribution >= 4 is 5.91 Å². The molecule has 2 aliphatic heterocycles. The second-order valence-corrected chi connectivity index (χ2v) is 6.57. The molecule has 4 nitrogen and oxygen atoms in total. The number of fused-ring (bicyclic) bond motifs is 2. The third-order valence-electron chi connectivity index (χ3n) is 5.35. The van der Waals surface area contributed by atoms with E-state index in [4.69, 9.17) is 4.74 Å². The third-order valence-corrected chi connectivity index (χ3v) is 5.35. The summed E-state index contributed by atoms with van der Waals surface area (Å²) < 4.78 is 5.23. The molecule has 2 aliphatic rings. The molecule has 0 aliphatic carbocycles. The second-order valence-electron chi connectivity index (χ2n) is 6.57. The van der Waals surface area contributed by atoms with E-state index in [0.717, 1.165) is 42.8 Å². The molecule has 1 amide bonds. The molecular formula is C20H22N2O2. The van der Waals surface area contributed by atoms with Crippen molar-refractivity contribution in [2.45, 2.75) is 24.9 Å². The van der Waals surface area contributed by atoms with Gasteiger partial charge in [-0.3, -0.25) is 4.79 Å². The van der Waals surface area contributed by atoms with E-state index < -0.39 is 0 Å². The fourth-order valence-electron chi connectivity index (χ4n) is 4.08. The number of rotatable bonds is 3. The molecule has 2 heterocycles. The van der Waals surface area contributed by atoms with E-state index in [1.165, 1.54) is 5.56 Å². The van der Waals surface area contributed by atoms with Crippen molar-refractivity contribution in [3.05, 3.63) is 65.2 Å². The maximum atomic E-state index is 13.1. The molecule has 24 heavy (non-hydrogen) atoms. The highest BCUT2D eigenvalue weighted by Crippen LogP contribution is 2.45. The van der Waals surface area contributed by atoms with Crippen LogP contribution in [-0.4, -0.2) is 31.0 Å². The molecule has 2 aromatic carbocycles. The Morgan fingerprint density at radius 3 is 2.50 bits per heavy atom. The molecule has 0 unspecified atom stereocenters. The Kier molecular flexibility index (Phi) is 3.77. The molecule has 1 saturated heterocycles. The summed E-state index contributed by atoms with van der Waals surface area (Å²) in [6, 6.07) is 16.1. The van der Waals surface area contributed by atoms with Gasteiger partial charge in [0.05, 0.1) is 12.6 Å². The molecular weight excluding hydrogens is 300 g/mol. The number of amides is 1. The Labute approximate surface area is 142 Å². The van der Waals surface area contributed by atoms with Crippen LogP contribution < -0.4 is 10.1 Å². The Morgan fingerprint density at radius 2 is 1.79 bits per heavy atom. The van der Waals surface area contributed by atoms with Gasteiger partial charge in [0.15, 0.2) is 0 Å². The average molecular weight is 322 g/mol. The van der Waals surface area contributed by atoms with Crippen LogP contribution in [0, 0.1) is 0 Å². The first-order valence-corrected chi connectivity index (χ1v) is 8.50. The van der Waals surface area contributed by atoms with Crippen LogP contribution in [-0.2, 0) is 12.1 Å². The maximum Gasteiger partial charge on any atom is 0.255 e. The zero-order valence-corrected chi connectivity index (χ0v) is 13.9. The standard InChI is InChI=1S/C20H22N2O2/c1-24-16-8-6-15(7-9-16)14-22-19(23)17-4-2-3-5-18(17)20(22)10-12-21-13-11-20/h2-9,21H,10-14H2,1H3. The number of ether oxygens (including phenoxy) is 1. The summed E-state index contributed by atoms with van der Waals surface area (Å²) in [5.41, 5.74) is 3.03. The highest BCUT2D eigenvalue weighted by molar-refractivity contribution is 6.00. The zero-order valence-electron chi connectivity index (χ0n) is 13.9. The first kappa shape index (κ1) is 15.2. The Bertz CT molecular complexity index is 748. The number of benzene rings is 2. The van der Waals surface area contributed by atoms with E-state index in [1.54, 1.807) is 7.11 Å². The Balaban J connectivity index is 1.71. The van der Waals surface area contributed by atoms with Gasteiger partial charge in [0, 0.05) is 12.1 Å². The van der Waals surface area contributed by atoms with Crippen molar-refractivity contribution in [1.29, 1.82) is 0 Å². The first-order valence-electron chi connectivity index (χ1n) is 8.50. The van der Waals surface area contributed by atoms with Crippen LogP contribution in [0.2, 0.25) is 0 Å². The summed E-state index contributed by atoms with van der Waals surface area (Å²) in [5.74, 6) is 0.995. The van der Waals surface area contributed by atoms with Crippen LogP contribution in [0.5, 0.6) is 5.75 Å². The van der Waals surface area contributed by atoms with Gasteiger partial charge in [0.2, 0.25) is 0 Å². The van der Waals surface area contributed by atoms with Crippen LogP contribution in [0.15, 0.2) is 48.5 Å². The molecule has 0 atom stereocenters. The fourth-order valence-corrected chi connectivity index (χ4v) is 4.08. The number of nitrogens with one attached hydrogen (secondary N) is 1. The van der Waals surface area contributed by atoms with Crippen LogP contribution in [0.4, 0.5) is 0 Å². The quantitative estimate of drug-likeness (QED) is 0.945. The molecule has 4 heteroatoms. The van der Waals surface area contributed by atoms with E-state index in [0.29, 0.717) is 6.54 Å². The SMILES string of the molecule is COc1ccc(CN2C(=O)c3ccccc3C23CCNCC3)cc1. The Morgan fingerprint density at radius 1 is 1.08 bits per heavy atom. The van der Waals surface area contributed by atoms with Gasteiger partial charge >= 0.3 is 0 Å². The van der Waals surface area contributed by atoms with Gasteiger partial charge in [-0.2, -0.15) is 0 Å². The Hall–Kier alpha value is -2.33. The summed E-state index contributed by atoms with van der Waals surface area (Å²) in [4.78, 5) is 15.2. The lowest BCUT2D eigenvalue weighted by atomic mass is 9.81. The highest BCUT2D eigenvalue weighted by atomic mass is 16.5. The number of piperidine rings is 1. The molecule has 0 saturated carbocycles. The normalized spacial score (nSPS) is 18.7. The maximum absolute atomic E-state index is 13.1. The van der Waals surface area contributed by atoms with Gasteiger partial charge in [-0.15, -0.1) is 0 Å². The molecule has 124 valence electrons. The van der Waals surface area contributed by atoms with Crippen molar-refractivity contribution in [3.63, 3.8) is 0 Å².